The second-order valence-corrected chi connectivity index (χ2v) is 6.73. The molecule has 0 saturated carbocycles. The molecule has 1 aromatic rings. The van der Waals surface area contributed by atoms with Gasteiger partial charge in [0.15, 0.2) is 0 Å². The number of amides is 1. The molecule has 1 aromatic carbocycles. The van der Waals surface area contributed by atoms with E-state index in [1.165, 1.54) is 11.3 Å². The Morgan fingerprint density at radius 2 is 1.61 bits per heavy atom. The number of anilines is 1. The van der Waals surface area contributed by atoms with Crippen molar-refractivity contribution < 1.29 is 4.79 Å². The first-order chi connectivity index (χ1) is 11.1. The molecule has 5 nitrogen and oxygen atoms in total. The Balaban J connectivity index is 1.48. The fourth-order valence-electron chi connectivity index (χ4n) is 3.41. The summed E-state index contributed by atoms with van der Waals surface area (Å²) in [6.07, 6.45) is 0. The number of piperazine rings is 2. The molecule has 2 fully saturated rings. The molecule has 0 radical (unpaired) electrons. The maximum atomic E-state index is 12.4. The quantitative estimate of drug-likeness (QED) is 0.828. The number of carbonyl (C=O) groups excluding carboxylic acids is 1. The standard InChI is InChI=1S/C18H28N4O/c1-16-5-3-4-6-17(16)21-13-9-20(10-14-21)15-18(23)22-11-7-19(2)8-12-22/h3-6H,7-15H2,1-2H3. The smallest absolute Gasteiger partial charge is 0.236 e. The van der Waals surface area contributed by atoms with Crippen LogP contribution in [0.5, 0.6) is 0 Å². The van der Waals surface area contributed by atoms with Crippen molar-refractivity contribution in [3.63, 3.8) is 0 Å². The maximum absolute atomic E-state index is 12.4. The molecule has 0 bridgehead atoms. The van der Waals surface area contributed by atoms with Gasteiger partial charge in [0, 0.05) is 58.0 Å². The van der Waals surface area contributed by atoms with Gasteiger partial charge in [-0.2, -0.15) is 0 Å². The molecule has 0 spiro atoms. The minimum atomic E-state index is 0.294. The lowest BCUT2D eigenvalue weighted by Gasteiger charge is -2.38. The van der Waals surface area contributed by atoms with E-state index in [0.717, 1.165) is 52.4 Å². The van der Waals surface area contributed by atoms with Crippen molar-refractivity contribution in [3.8, 4) is 0 Å². The molecule has 2 aliphatic rings. The van der Waals surface area contributed by atoms with E-state index in [9.17, 15) is 4.79 Å². The van der Waals surface area contributed by atoms with Crippen LogP contribution in [0.3, 0.4) is 0 Å². The van der Waals surface area contributed by atoms with Crippen LogP contribution in [0.15, 0.2) is 24.3 Å². The molecule has 0 aliphatic carbocycles. The van der Waals surface area contributed by atoms with Crippen LogP contribution in [-0.4, -0.2) is 86.6 Å². The van der Waals surface area contributed by atoms with Crippen LogP contribution >= 0.6 is 0 Å². The molecule has 0 unspecified atom stereocenters. The zero-order valence-corrected chi connectivity index (χ0v) is 14.4. The summed E-state index contributed by atoms with van der Waals surface area (Å²) >= 11 is 0. The Labute approximate surface area is 139 Å². The highest BCUT2D eigenvalue weighted by Crippen LogP contribution is 2.20. The minimum Gasteiger partial charge on any atom is -0.369 e. The van der Waals surface area contributed by atoms with Crippen molar-refractivity contribution in [1.82, 2.24) is 14.7 Å². The number of para-hydroxylation sites is 1. The summed E-state index contributed by atoms with van der Waals surface area (Å²) in [5.74, 6) is 0.294. The zero-order chi connectivity index (χ0) is 16.2. The van der Waals surface area contributed by atoms with Gasteiger partial charge in [-0.25, -0.2) is 0 Å². The molecule has 0 N–H and O–H groups in total. The third kappa shape index (κ3) is 4.03. The third-order valence-corrected chi connectivity index (χ3v) is 5.04. The van der Waals surface area contributed by atoms with E-state index in [4.69, 9.17) is 0 Å². The van der Waals surface area contributed by atoms with Crippen molar-refractivity contribution in [2.24, 2.45) is 0 Å². The Kier molecular flexibility index (Phi) is 5.18. The van der Waals surface area contributed by atoms with E-state index in [1.54, 1.807) is 0 Å². The molecule has 2 aliphatic heterocycles. The molecule has 23 heavy (non-hydrogen) atoms. The van der Waals surface area contributed by atoms with Crippen LogP contribution in [0.25, 0.3) is 0 Å². The predicted molar refractivity (Wildman–Crippen MR) is 93.9 cm³/mol. The minimum absolute atomic E-state index is 0.294. The first-order valence-corrected chi connectivity index (χ1v) is 8.63. The van der Waals surface area contributed by atoms with Gasteiger partial charge in [0.2, 0.25) is 5.91 Å². The summed E-state index contributed by atoms with van der Waals surface area (Å²) in [5.41, 5.74) is 2.66. The normalized spacial score (nSPS) is 20.8. The van der Waals surface area contributed by atoms with Gasteiger partial charge in [-0.15, -0.1) is 0 Å². The summed E-state index contributed by atoms with van der Waals surface area (Å²) in [6, 6.07) is 8.55. The molecule has 0 aromatic heterocycles. The fourth-order valence-corrected chi connectivity index (χ4v) is 3.41. The second-order valence-electron chi connectivity index (χ2n) is 6.73. The Morgan fingerprint density at radius 3 is 2.26 bits per heavy atom. The first kappa shape index (κ1) is 16.3. The summed E-state index contributed by atoms with van der Waals surface area (Å²) < 4.78 is 0. The molecule has 126 valence electrons. The molecular formula is C18H28N4O. The molecule has 2 saturated heterocycles. The number of benzene rings is 1. The van der Waals surface area contributed by atoms with Crippen LogP contribution in [0.4, 0.5) is 5.69 Å². The van der Waals surface area contributed by atoms with Gasteiger partial charge in [0.1, 0.15) is 0 Å². The largest absolute Gasteiger partial charge is 0.369 e. The van der Waals surface area contributed by atoms with Gasteiger partial charge in [-0.3, -0.25) is 9.69 Å². The van der Waals surface area contributed by atoms with Crippen molar-refractivity contribution in [1.29, 1.82) is 0 Å². The van der Waals surface area contributed by atoms with Crippen LogP contribution < -0.4 is 4.90 Å². The molecule has 0 atom stereocenters. The van der Waals surface area contributed by atoms with E-state index in [1.807, 2.05) is 4.90 Å². The highest BCUT2D eigenvalue weighted by molar-refractivity contribution is 5.78. The second kappa shape index (κ2) is 7.32. The Bertz CT molecular complexity index is 532. The van der Waals surface area contributed by atoms with E-state index >= 15 is 0 Å². The van der Waals surface area contributed by atoms with Gasteiger partial charge in [-0.1, -0.05) is 18.2 Å². The maximum Gasteiger partial charge on any atom is 0.236 e. The lowest BCUT2D eigenvalue weighted by atomic mass is 10.1. The topological polar surface area (TPSA) is 30.0 Å². The van der Waals surface area contributed by atoms with Gasteiger partial charge in [0.05, 0.1) is 6.54 Å². The van der Waals surface area contributed by atoms with E-state index in [-0.39, 0.29) is 0 Å². The number of likely N-dealkylation sites (N-methyl/N-ethyl adjacent to an activating group) is 1. The first-order valence-electron chi connectivity index (χ1n) is 8.63. The molecule has 3 rings (SSSR count). The van der Waals surface area contributed by atoms with Crippen molar-refractivity contribution >= 4 is 11.6 Å². The van der Waals surface area contributed by atoms with E-state index < -0.39 is 0 Å². The highest BCUT2D eigenvalue weighted by Gasteiger charge is 2.24. The molecule has 1 amide bonds. The SMILES string of the molecule is Cc1ccccc1N1CCN(CC(=O)N2CCN(C)CC2)CC1. The van der Waals surface area contributed by atoms with Crippen LogP contribution in [0, 0.1) is 6.92 Å². The predicted octanol–water partition coefficient (Wildman–Crippen LogP) is 0.891. The van der Waals surface area contributed by atoms with E-state index in [2.05, 4.69) is 52.9 Å². The average Bonchev–Trinajstić information content (AvgIpc) is 2.57. The lowest BCUT2D eigenvalue weighted by molar-refractivity contribution is -0.134. The number of rotatable bonds is 3. The van der Waals surface area contributed by atoms with Crippen molar-refractivity contribution in [3.05, 3.63) is 29.8 Å². The van der Waals surface area contributed by atoms with Gasteiger partial charge in [0.25, 0.3) is 0 Å². The van der Waals surface area contributed by atoms with Crippen LogP contribution in [0.1, 0.15) is 5.56 Å². The van der Waals surface area contributed by atoms with Gasteiger partial charge >= 0.3 is 0 Å². The van der Waals surface area contributed by atoms with Crippen molar-refractivity contribution in [2.75, 3.05) is 70.9 Å². The van der Waals surface area contributed by atoms with Gasteiger partial charge in [-0.05, 0) is 25.6 Å². The monoisotopic (exact) mass is 316 g/mol. The van der Waals surface area contributed by atoms with Crippen LogP contribution in [0.2, 0.25) is 0 Å². The highest BCUT2D eigenvalue weighted by atomic mass is 16.2. The number of hydrogen-bond donors (Lipinski definition) is 0. The number of carbonyl (C=O) groups is 1. The summed E-state index contributed by atoms with van der Waals surface area (Å²) in [4.78, 5) is 21.5. The van der Waals surface area contributed by atoms with Gasteiger partial charge < -0.3 is 14.7 Å². The molecular weight excluding hydrogens is 288 g/mol. The number of hydrogen-bond acceptors (Lipinski definition) is 4. The lowest BCUT2D eigenvalue weighted by Crippen LogP contribution is -2.53. The Morgan fingerprint density at radius 1 is 0.957 bits per heavy atom. The number of aryl methyl sites for hydroxylation is 1. The third-order valence-electron chi connectivity index (χ3n) is 5.04. The molecule has 5 heteroatoms. The summed E-state index contributed by atoms with van der Waals surface area (Å²) in [7, 11) is 2.12. The average molecular weight is 316 g/mol. The van der Waals surface area contributed by atoms with Crippen molar-refractivity contribution in [2.45, 2.75) is 6.92 Å². The summed E-state index contributed by atoms with van der Waals surface area (Å²) in [6.45, 7) is 10.4. The zero-order valence-electron chi connectivity index (χ0n) is 14.4. The Hall–Kier alpha value is -1.59. The molecule has 2 heterocycles. The summed E-state index contributed by atoms with van der Waals surface area (Å²) in [5, 5.41) is 0. The van der Waals surface area contributed by atoms with Crippen LogP contribution in [-0.2, 0) is 4.79 Å². The fraction of sp³-hybridized carbons (Fsp3) is 0.611. The van der Waals surface area contributed by atoms with E-state index in [0.29, 0.717) is 12.5 Å². The number of nitrogens with zero attached hydrogens (tertiary/aromatic N) is 4.